The van der Waals surface area contributed by atoms with E-state index in [9.17, 15) is 18.4 Å². The Hall–Kier alpha value is -4.07. The van der Waals surface area contributed by atoms with Crippen LogP contribution in [0.1, 0.15) is 30.0 Å². The summed E-state index contributed by atoms with van der Waals surface area (Å²) in [6.07, 6.45) is 2.15. The van der Waals surface area contributed by atoms with Crippen molar-refractivity contribution in [1.82, 2.24) is 14.9 Å². The van der Waals surface area contributed by atoms with Crippen molar-refractivity contribution in [2.75, 3.05) is 0 Å². The molecule has 1 aromatic heterocycles. The molecule has 6 nitrogen and oxygen atoms in total. The van der Waals surface area contributed by atoms with Crippen molar-refractivity contribution in [1.29, 1.82) is 0 Å². The summed E-state index contributed by atoms with van der Waals surface area (Å²) in [6, 6.07) is 22.2. The number of carbonyl (C=O) groups excluding carboxylic acids is 1. The van der Waals surface area contributed by atoms with Crippen LogP contribution in [0.5, 0.6) is 5.75 Å². The van der Waals surface area contributed by atoms with Gasteiger partial charge in [0.1, 0.15) is 5.75 Å². The Bertz CT molecular complexity index is 1310. The highest BCUT2D eigenvalue weighted by atomic mass is 19.3. The lowest BCUT2D eigenvalue weighted by Crippen LogP contribution is -2.29. The number of hydrogen-bond donors (Lipinski definition) is 1. The lowest BCUT2D eigenvalue weighted by atomic mass is 9.98. The van der Waals surface area contributed by atoms with Gasteiger partial charge in [0.25, 0.3) is 5.56 Å². The number of hydrogen-bond acceptors (Lipinski definition) is 4. The van der Waals surface area contributed by atoms with E-state index >= 15 is 0 Å². The first-order valence-electron chi connectivity index (χ1n) is 10.8. The van der Waals surface area contributed by atoms with E-state index in [2.05, 4.69) is 15.0 Å². The Kier molecular flexibility index (Phi) is 7.27. The van der Waals surface area contributed by atoms with Gasteiger partial charge in [-0.2, -0.15) is 8.78 Å². The summed E-state index contributed by atoms with van der Waals surface area (Å²) >= 11 is 0. The van der Waals surface area contributed by atoms with Crippen LogP contribution in [0.3, 0.4) is 0 Å². The van der Waals surface area contributed by atoms with E-state index in [0.29, 0.717) is 23.9 Å². The number of benzene rings is 3. The number of fused-ring (bicyclic) bond motifs is 1. The topological polar surface area (TPSA) is 73.2 Å². The molecule has 0 saturated carbocycles. The second kappa shape index (κ2) is 10.7. The van der Waals surface area contributed by atoms with Crippen LogP contribution in [-0.2, 0) is 11.3 Å². The first-order chi connectivity index (χ1) is 16.5. The molecule has 0 aliphatic rings. The van der Waals surface area contributed by atoms with Gasteiger partial charge >= 0.3 is 6.61 Å². The van der Waals surface area contributed by atoms with Crippen molar-refractivity contribution < 1.29 is 18.3 Å². The number of nitrogens with zero attached hydrogens (tertiary/aromatic N) is 2. The zero-order valence-corrected chi connectivity index (χ0v) is 18.2. The molecular formula is C26H23F2N3O3. The molecule has 8 heteroatoms. The summed E-state index contributed by atoms with van der Waals surface area (Å²) in [5.41, 5.74) is 2.08. The second-order valence-corrected chi connectivity index (χ2v) is 7.72. The second-order valence-electron chi connectivity index (χ2n) is 7.72. The Balaban J connectivity index is 1.43. The van der Waals surface area contributed by atoms with Crippen molar-refractivity contribution in [3.05, 3.63) is 107 Å². The fourth-order valence-electron chi connectivity index (χ4n) is 3.75. The third kappa shape index (κ3) is 5.64. The normalized spacial score (nSPS) is 12.0. The van der Waals surface area contributed by atoms with Crippen LogP contribution in [-0.4, -0.2) is 22.1 Å². The van der Waals surface area contributed by atoms with E-state index in [0.717, 1.165) is 11.1 Å². The minimum Gasteiger partial charge on any atom is -0.435 e. The van der Waals surface area contributed by atoms with E-state index in [1.807, 2.05) is 36.4 Å². The summed E-state index contributed by atoms with van der Waals surface area (Å²) in [6.45, 7) is -2.54. The minimum absolute atomic E-state index is 0.0475. The summed E-state index contributed by atoms with van der Waals surface area (Å²) in [7, 11) is 0. The van der Waals surface area contributed by atoms with E-state index in [-0.39, 0.29) is 23.6 Å². The number of alkyl halides is 2. The molecule has 1 unspecified atom stereocenters. The molecule has 0 fully saturated rings. The molecule has 34 heavy (non-hydrogen) atoms. The fraction of sp³-hybridized carbons (Fsp3) is 0.192. The molecule has 0 aliphatic heterocycles. The number of aryl methyl sites for hydroxylation is 1. The smallest absolute Gasteiger partial charge is 0.387 e. The molecule has 1 atom stereocenters. The average Bonchev–Trinajstić information content (AvgIpc) is 2.85. The molecule has 1 heterocycles. The van der Waals surface area contributed by atoms with Crippen LogP contribution in [0.15, 0.2) is 90.0 Å². The van der Waals surface area contributed by atoms with Crippen LogP contribution in [0.2, 0.25) is 0 Å². The first kappa shape index (κ1) is 23.1. The highest BCUT2D eigenvalue weighted by Crippen LogP contribution is 2.25. The van der Waals surface area contributed by atoms with Crippen LogP contribution in [0.25, 0.3) is 10.9 Å². The molecule has 0 radical (unpaired) electrons. The highest BCUT2D eigenvalue weighted by Gasteiger charge is 2.17. The fourth-order valence-corrected chi connectivity index (χ4v) is 3.75. The lowest BCUT2D eigenvalue weighted by molar-refractivity contribution is -0.121. The van der Waals surface area contributed by atoms with E-state index in [1.165, 1.54) is 23.0 Å². The van der Waals surface area contributed by atoms with Gasteiger partial charge in [-0.05, 0) is 41.8 Å². The third-order valence-electron chi connectivity index (χ3n) is 5.41. The average molecular weight is 463 g/mol. The zero-order chi connectivity index (χ0) is 23.9. The minimum atomic E-state index is -2.90. The molecule has 0 aliphatic carbocycles. The number of amides is 1. The predicted molar refractivity (Wildman–Crippen MR) is 125 cm³/mol. The van der Waals surface area contributed by atoms with Crippen molar-refractivity contribution in [3.63, 3.8) is 0 Å². The van der Waals surface area contributed by atoms with Gasteiger partial charge in [0.2, 0.25) is 5.91 Å². The van der Waals surface area contributed by atoms with Crippen molar-refractivity contribution in [2.45, 2.75) is 32.0 Å². The maximum absolute atomic E-state index is 12.8. The molecule has 0 saturated heterocycles. The largest absolute Gasteiger partial charge is 0.435 e. The molecule has 1 N–H and O–H groups in total. The molecular weight excluding hydrogens is 440 g/mol. The quantitative estimate of drug-likeness (QED) is 0.391. The summed E-state index contributed by atoms with van der Waals surface area (Å²) in [4.78, 5) is 29.7. The van der Waals surface area contributed by atoms with Crippen LogP contribution in [0.4, 0.5) is 8.78 Å². The van der Waals surface area contributed by atoms with Gasteiger partial charge in [0, 0.05) is 13.0 Å². The van der Waals surface area contributed by atoms with Crippen LogP contribution < -0.4 is 15.6 Å². The first-order valence-corrected chi connectivity index (χ1v) is 10.8. The summed E-state index contributed by atoms with van der Waals surface area (Å²) in [5.74, 6) is -0.144. The van der Waals surface area contributed by atoms with E-state index < -0.39 is 12.7 Å². The van der Waals surface area contributed by atoms with Crippen molar-refractivity contribution in [2.24, 2.45) is 0 Å². The van der Waals surface area contributed by atoms with Gasteiger partial charge in [-0.1, -0.05) is 54.6 Å². The van der Waals surface area contributed by atoms with Gasteiger partial charge in [0.15, 0.2) is 0 Å². The standard InChI is InChI=1S/C26H23F2N3O3/c27-26(28)34-20-14-12-19(13-15-20)24(18-7-2-1-3-8-18)30-23(32)11-6-16-31-17-29-22-10-5-4-9-21(22)25(31)33/h1-5,7-10,12-15,17,24,26H,6,11,16H2,(H,30,32). The Morgan fingerprint density at radius 2 is 1.62 bits per heavy atom. The van der Waals surface area contributed by atoms with Crippen LogP contribution >= 0.6 is 0 Å². The van der Waals surface area contributed by atoms with Gasteiger partial charge in [-0.25, -0.2) is 4.98 Å². The number of nitrogens with one attached hydrogen (secondary N) is 1. The van der Waals surface area contributed by atoms with Gasteiger partial charge in [-0.15, -0.1) is 0 Å². The molecule has 0 spiro atoms. The lowest BCUT2D eigenvalue weighted by Gasteiger charge is -2.20. The molecule has 1 amide bonds. The monoisotopic (exact) mass is 463 g/mol. The van der Waals surface area contributed by atoms with Gasteiger partial charge in [-0.3, -0.25) is 14.2 Å². The maximum Gasteiger partial charge on any atom is 0.387 e. The molecule has 4 rings (SSSR count). The number of carbonyl (C=O) groups is 1. The third-order valence-corrected chi connectivity index (χ3v) is 5.41. The SMILES string of the molecule is O=C(CCCn1cnc2ccccc2c1=O)NC(c1ccccc1)c1ccc(OC(F)F)cc1. The summed E-state index contributed by atoms with van der Waals surface area (Å²) < 4.78 is 30.8. The van der Waals surface area contributed by atoms with Gasteiger partial charge < -0.3 is 10.1 Å². The number of aromatic nitrogens is 2. The summed E-state index contributed by atoms with van der Waals surface area (Å²) in [5, 5.41) is 3.55. The Labute approximate surface area is 194 Å². The predicted octanol–water partition coefficient (Wildman–Crippen LogP) is 4.68. The van der Waals surface area contributed by atoms with E-state index in [4.69, 9.17) is 0 Å². The highest BCUT2D eigenvalue weighted by molar-refractivity contribution is 5.77. The van der Waals surface area contributed by atoms with E-state index in [1.54, 1.807) is 30.3 Å². The van der Waals surface area contributed by atoms with Crippen molar-refractivity contribution >= 4 is 16.8 Å². The number of rotatable bonds is 9. The molecule has 174 valence electrons. The number of ether oxygens (including phenoxy) is 1. The number of halogens is 2. The molecule has 0 bridgehead atoms. The van der Waals surface area contributed by atoms with Gasteiger partial charge in [0.05, 0.1) is 23.3 Å². The Morgan fingerprint density at radius 3 is 2.35 bits per heavy atom. The maximum atomic E-state index is 12.8. The molecule has 3 aromatic carbocycles. The Morgan fingerprint density at radius 1 is 0.941 bits per heavy atom. The van der Waals surface area contributed by atoms with Crippen molar-refractivity contribution in [3.8, 4) is 5.75 Å². The van der Waals surface area contributed by atoms with Crippen LogP contribution in [0, 0.1) is 0 Å². The molecule has 4 aromatic rings. The number of para-hydroxylation sites is 1. The zero-order valence-electron chi connectivity index (χ0n) is 18.2.